The molecule has 0 unspecified atom stereocenters. The van der Waals surface area contributed by atoms with Crippen molar-refractivity contribution in [2.24, 2.45) is 0 Å². The molecule has 0 saturated heterocycles. The molecule has 0 spiro atoms. The molecule has 1 aliphatic rings. The lowest BCUT2D eigenvalue weighted by Gasteiger charge is -2.07. The van der Waals surface area contributed by atoms with Crippen molar-refractivity contribution in [2.45, 2.75) is 30.5 Å². The quantitative estimate of drug-likeness (QED) is 0.780. The van der Waals surface area contributed by atoms with E-state index in [2.05, 4.69) is 25.4 Å². The second-order valence-corrected chi connectivity index (χ2v) is 7.12. The Morgan fingerprint density at radius 1 is 1.43 bits per heavy atom. The van der Waals surface area contributed by atoms with Crippen LogP contribution in [0.1, 0.15) is 25.3 Å². The third kappa shape index (κ3) is 3.91. The van der Waals surface area contributed by atoms with Gasteiger partial charge in [0.05, 0.1) is 4.88 Å². The van der Waals surface area contributed by atoms with Crippen molar-refractivity contribution in [1.82, 2.24) is 25.4 Å². The third-order valence-corrected chi connectivity index (χ3v) is 5.17. The van der Waals surface area contributed by atoms with Gasteiger partial charge in [0.2, 0.25) is 5.91 Å². The van der Waals surface area contributed by atoms with Crippen LogP contribution in [0.4, 0.5) is 4.79 Å². The number of nitrogens with one attached hydrogen (secondary N) is 2. The minimum absolute atomic E-state index is 0.254. The first-order valence-electron chi connectivity index (χ1n) is 7.32. The van der Waals surface area contributed by atoms with E-state index < -0.39 is 6.03 Å². The summed E-state index contributed by atoms with van der Waals surface area (Å²) in [4.78, 5) is 23.8. The zero-order valence-corrected chi connectivity index (χ0v) is 14.2. The molecule has 3 rings (SSSR count). The van der Waals surface area contributed by atoms with Gasteiger partial charge in [-0.25, -0.2) is 4.79 Å². The van der Waals surface area contributed by atoms with Crippen LogP contribution < -0.4 is 10.6 Å². The number of aromatic nitrogens is 3. The smallest absolute Gasteiger partial charge is 0.321 e. The highest BCUT2D eigenvalue weighted by molar-refractivity contribution is 7.99. The summed E-state index contributed by atoms with van der Waals surface area (Å²) in [6.45, 7) is 0. The summed E-state index contributed by atoms with van der Waals surface area (Å²) in [6, 6.07) is 4.02. The predicted molar refractivity (Wildman–Crippen MR) is 89.5 cm³/mol. The number of carbonyl (C=O) groups excluding carboxylic acids is 2. The molecule has 2 heterocycles. The molecule has 9 heteroatoms. The minimum atomic E-state index is -0.485. The van der Waals surface area contributed by atoms with Crippen molar-refractivity contribution in [3.63, 3.8) is 0 Å². The van der Waals surface area contributed by atoms with Crippen molar-refractivity contribution in [3.05, 3.63) is 17.5 Å². The normalized spacial score (nSPS) is 13.8. The van der Waals surface area contributed by atoms with E-state index in [0.29, 0.717) is 11.8 Å². The molecule has 23 heavy (non-hydrogen) atoms. The highest BCUT2D eigenvalue weighted by atomic mass is 32.2. The molecule has 1 fully saturated rings. The molecule has 0 aromatic carbocycles. The highest BCUT2D eigenvalue weighted by Crippen LogP contribution is 2.41. The number of nitrogens with zero attached hydrogens (tertiary/aromatic N) is 3. The number of thiophene rings is 1. The van der Waals surface area contributed by atoms with Crippen LogP contribution in [-0.2, 0) is 4.79 Å². The Morgan fingerprint density at radius 2 is 2.26 bits per heavy atom. The van der Waals surface area contributed by atoms with Gasteiger partial charge in [0.15, 0.2) is 11.0 Å². The van der Waals surface area contributed by atoms with E-state index in [9.17, 15) is 9.59 Å². The monoisotopic (exact) mass is 351 g/mol. The number of rotatable bonds is 6. The Labute approximate surface area is 141 Å². The number of urea groups is 1. The first-order valence-corrected chi connectivity index (χ1v) is 9.18. The maximum Gasteiger partial charge on any atom is 0.321 e. The fourth-order valence-corrected chi connectivity index (χ4v) is 3.75. The van der Waals surface area contributed by atoms with Crippen molar-refractivity contribution >= 4 is 35.0 Å². The Hall–Kier alpha value is -1.87. The van der Waals surface area contributed by atoms with E-state index in [1.54, 1.807) is 11.3 Å². The van der Waals surface area contributed by atoms with Gasteiger partial charge in [0.1, 0.15) is 0 Å². The number of hydrogen-bond donors (Lipinski definition) is 2. The maximum atomic E-state index is 11.6. The second-order valence-electron chi connectivity index (χ2n) is 5.11. The Balaban J connectivity index is 1.62. The molecular formula is C14H17N5O2S2. The summed E-state index contributed by atoms with van der Waals surface area (Å²) in [5, 5.41) is 16.1. The molecule has 2 N–H and O–H groups in total. The Morgan fingerprint density at radius 3 is 2.91 bits per heavy atom. The van der Waals surface area contributed by atoms with Crippen LogP contribution in [-0.4, -0.2) is 39.5 Å². The van der Waals surface area contributed by atoms with E-state index in [1.807, 2.05) is 17.5 Å². The highest BCUT2D eigenvalue weighted by Gasteiger charge is 2.30. The second kappa shape index (κ2) is 7.14. The largest absolute Gasteiger partial charge is 0.341 e. The molecule has 2 aromatic rings. The number of amides is 3. The summed E-state index contributed by atoms with van der Waals surface area (Å²) < 4.78 is 2.17. The van der Waals surface area contributed by atoms with Crippen LogP contribution in [0.15, 0.2) is 22.7 Å². The molecule has 0 atom stereocenters. The summed E-state index contributed by atoms with van der Waals surface area (Å²) in [5.41, 5.74) is 0. The summed E-state index contributed by atoms with van der Waals surface area (Å²) >= 11 is 3.14. The first kappa shape index (κ1) is 16.0. The fraction of sp³-hybridized carbons (Fsp3) is 0.429. The van der Waals surface area contributed by atoms with E-state index in [0.717, 1.165) is 28.7 Å². The number of thioether (sulfide) groups is 1. The molecule has 0 bridgehead atoms. The van der Waals surface area contributed by atoms with Gasteiger partial charge in [-0.05, 0) is 24.3 Å². The Kier molecular flexibility index (Phi) is 4.97. The van der Waals surface area contributed by atoms with Crippen molar-refractivity contribution in [2.75, 3.05) is 12.8 Å². The van der Waals surface area contributed by atoms with Gasteiger partial charge in [-0.15, -0.1) is 21.5 Å². The van der Waals surface area contributed by atoms with Crippen molar-refractivity contribution in [1.29, 1.82) is 0 Å². The number of hydrogen-bond acceptors (Lipinski definition) is 6. The van der Waals surface area contributed by atoms with Crippen LogP contribution in [0.3, 0.4) is 0 Å². The molecule has 122 valence electrons. The lowest BCUT2D eigenvalue weighted by molar-refractivity contribution is -0.119. The lowest BCUT2D eigenvalue weighted by Crippen LogP contribution is -2.37. The van der Waals surface area contributed by atoms with Gasteiger partial charge in [-0.1, -0.05) is 17.8 Å². The molecule has 0 radical (unpaired) electrons. The van der Waals surface area contributed by atoms with Gasteiger partial charge in [-0.3, -0.25) is 14.7 Å². The van der Waals surface area contributed by atoms with Crippen LogP contribution in [0.2, 0.25) is 0 Å². The average Bonchev–Trinajstić information content (AvgIpc) is 3.07. The summed E-state index contributed by atoms with van der Waals surface area (Å²) in [6.07, 6.45) is 2.53. The number of imide groups is 1. The fourth-order valence-electron chi connectivity index (χ4n) is 2.10. The predicted octanol–water partition coefficient (Wildman–Crippen LogP) is 2.28. The van der Waals surface area contributed by atoms with E-state index >= 15 is 0 Å². The van der Waals surface area contributed by atoms with Crippen LogP contribution in [0.25, 0.3) is 10.7 Å². The first-order chi connectivity index (χ1) is 11.2. The maximum absolute atomic E-state index is 11.6. The molecule has 0 aliphatic heterocycles. The molecule has 1 saturated carbocycles. The van der Waals surface area contributed by atoms with Gasteiger partial charge in [-0.2, -0.15) is 0 Å². The molecule has 1 aliphatic carbocycles. The average molecular weight is 351 g/mol. The van der Waals surface area contributed by atoms with E-state index in [4.69, 9.17) is 0 Å². The van der Waals surface area contributed by atoms with Crippen molar-refractivity contribution < 1.29 is 9.59 Å². The Bertz CT molecular complexity index is 694. The zero-order chi connectivity index (χ0) is 16.2. The van der Waals surface area contributed by atoms with Crippen LogP contribution >= 0.6 is 23.1 Å². The SMILES string of the molecule is CNC(=O)NC(=O)CCSc1nnc(-c2cccs2)n1C1CC1. The molecule has 2 aromatic heterocycles. The van der Waals surface area contributed by atoms with Gasteiger partial charge in [0.25, 0.3) is 0 Å². The minimum Gasteiger partial charge on any atom is -0.341 e. The summed E-state index contributed by atoms with van der Waals surface area (Å²) in [5.74, 6) is 1.16. The standard InChI is InChI=1S/C14H17N5O2S2/c1-15-13(21)16-11(20)6-8-23-14-18-17-12(10-3-2-7-22-10)19(14)9-4-5-9/h2-3,7,9H,4-6,8H2,1H3,(H2,15,16,20,21). The van der Waals surface area contributed by atoms with Crippen LogP contribution in [0, 0.1) is 0 Å². The van der Waals surface area contributed by atoms with Gasteiger partial charge in [0, 0.05) is 25.3 Å². The summed E-state index contributed by atoms with van der Waals surface area (Å²) in [7, 11) is 1.47. The topological polar surface area (TPSA) is 88.9 Å². The van der Waals surface area contributed by atoms with Crippen molar-refractivity contribution in [3.8, 4) is 10.7 Å². The van der Waals surface area contributed by atoms with E-state index in [-0.39, 0.29) is 12.3 Å². The zero-order valence-electron chi connectivity index (χ0n) is 12.6. The lowest BCUT2D eigenvalue weighted by atomic mass is 10.4. The van der Waals surface area contributed by atoms with E-state index in [1.165, 1.54) is 18.8 Å². The molecule has 3 amide bonds. The number of carbonyl (C=O) groups is 2. The third-order valence-electron chi connectivity index (χ3n) is 3.36. The molecule has 7 nitrogen and oxygen atoms in total. The van der Waals surface area contributed by atoms with Gasteiger partial charge >= 0.3 is 6.03 Å². The van der Waals surface area contributed by atoms with Gasteiger partial charge < -0.3 is 5.32 Å². The van der Waals surface area contributed by atoms with Crippen LogP contribution in [0.5, 0.6) is 0 Å². The molecular weight excluding hydrogens is 334 g/mol.